The zero-order valence-electron chi connectivity index (χ0n) is 12.6. The van der Waals surface area contributed by atoms with Crippen molar-refractivity contribution in [2.45, 2.75) is 33.5 Å². The van der Waals surface area contributed by atoms with E-state index in [1.165, 1.54) is 17.7 Å². The van der Waals surface area contributed by atoms with E-state index in [0.29, 0.717) is 19.1 Å². The van der Waals surface area contributed by atoms with E-state index in [4.69, 9.17) is 9.47 Å². The fourth-order valence-corrected chi connectivity index (χ4v) is 2.17. The molecule has 0 spiro atoms. The van der Waals surface area contributed by atoms with Gasteiger partial charge in [-0.1, -0.05) is 19.1 Å². The molecule has 2 rings (SSSR count). The summed E-state index contributed by atoms with van der Waals surface area (Å²) in [7, 11) is 1.61. The van der Waals surface area contributed by atoms with Crippen LogP contribution in [0.15, 0.2) is 30.3 Å². The van der Waals surface area contributed by atoms with Gasteiger partial charge in [-0.05, 0) is 42.7 Å². The maximum atomic E-state index is 12.8. The van der Waals surface area contributed by atoms with Gasteiger partial charge >= 0.3 is 0 Å². The fourth-order valence-electron chi connectivity index (χ4n) is 2.17. The monoisotopic (exact) mass is 289 g/mol. The molecular weight excluding hydrogens is 269 g/mol. The molecule has 4 heteroatoms. The van der Waals surface area contributed by atoms with Crippen molar-refractivity contribution < 1.29 is 13.9 Å². The highest BCUT2D eigenvalue weighted by Crippen LogP contribution is 2.21. The zero-order chi connectivity index (χ0) is 15.2. The van der Waals surface area contributed by atoms with Crippen LogP contribution in [0.4, 0.5) is 4.39 Å². The lowest BCUT2D eigenvalue weighted by molar-refractivity contribution is 0.105. The first-order valence-electron chi connectivity index (χ1n) is 6.99. The van der Waals surface area contributed by atoms with E-state index in [2.05, 4.69) is 18.0 Å². The van der Waals surface area contributed by atoms with Crippen molar-refractivity contribution in [3.63, 3.8) is 0 Å². The third kappa shape index (κ3) is 4.02. The molecule has 0 saturated heterocycles. The lowest BCUT2D eigenvalue weighted by Crippen LogP contribution is -2.03. The zero-order valence-corrected chi connectivity index (χ0v) is 12.6. The maximum Gasteiger partial charge on any atom is 0.218 e. The second-order valence-electron chi connectivity index (χ2n) is 4.87. The summed E-state index contributed by atoms with van der Waals surface area (Å²) in [6.07, 6.45) is 0.924. The molecule has 1 heterocycles. The van der Waals surface area contributed by atoms with Gasteiger partial charge in [0.05, 0.1) is 20.3 Å². The second-order valence-corrected chi connectivity index (χ2v) is 4.87. The number of aryl methyl sites for hydroxylation is 2. The number of nitrogens with zero attached hydrogens (tertiary/aromatic N) is 1. The highest BCUT2D eigenvalue weighted by Gasteiger charge is 2.09. The maximum absolute atomic E-state index is 12.8. The normalized spacial score (nSPS) is 10.7. The van der Waals surface area contributed by atoms with Gasteiger partial charge in [0, 0.05) is 11.3 Å². The minimum absolute atomic E-state index is 0.240. The Kier molecular flexibility index (Phi) is 5.28. The summed E-state index contributed by atoms with van der Waals surface area (Å²) in [6.45, 7) is 4.92. The molecule has 0 radical (unpaired) electrons. The fraction of sp³-hybridized carbons (Fsp3) is 0.353. The van der Waals surface area contributed by atoms with Crippen LogP contribution >= 0.6 is 0 Å². The Morgan fingerprint density at radius 1 is 1.10 bits per heavy atom. The van der Waals surface area contributed by atoms with Crippen LogP contribution in [0.25, 0.3) is 0 Å². The first kappa shape index (κ1) is 15.4. The Bertz CT molecular complexity index is 596. The van der Waals surface area contributed by atoms with Crippen molar-refractivity contribution in [2.75, 3.05) is 7.11 Å². The number of rotatable bonds is 6. The van der Waals surface area contributed by atoms with Gasteiger partial charge < -0.3 is 9.47 Å². The van der Waals surface area contributed by atoms with Crippen LogP contribution in [0.2, 0.25) is 0 Å². The Morgan fingerprint density at radius 2 is 1.81 bits per heavy atom. The molecule has 0 saturated carbocycles. The summed E-state index contributed by atoms with van der Waals surface area (Å²) in [5.41, 5.74) is 4.04. The first-order valence-corrected chi connectivity index (χ1v) is 6.99. The van der Waals surface area contributed by atoms with Crippen molar-refractivity contribution in [1.29, 1.82) is 0 Å². The molecule has 0 atom stereocenters. The van der Waals surface area contributed by atoms with Gasteiger partial charge in [-0.3, -0.25) is 0 Å². The molecule has 0 fully saturated rings. The number of methoxy groups -OCH3 is 1. The van der Waals surface area contributed by atoms with Crippen LogP contribution < -0.4 is 4.74 Å². The van der Waals surface area contributed by atoms with Crippen LogP contribution in [-0.4, -0.2) is 12.1 Å². The topological polar surface area (TPSA) is 31.4 Å². The van der Waals surface area contributed by atoms with Crippen molar-refractivity contribution in [1.82, 2.24) is 4.98 Å². The molecule has 0 aliphatic rings. The number of halogens is 1. The summed E-state index contributed by atoms with van der Waals surface area (Å²) in [6, 6.07) is 8.38. The molecule has 1 aromatic carbocycles. The molecule has 0 aliphatic carbocycles. The van der Waals surface area contributed by atoms with Crippen LogP contribution in [0.1, 0.15) is 29.3 Å². The lowest BCUT2D eigenvalue weighted by Gasteiger charge is -2.12. The summed E-state index contributed by atoms with van der Waals surface area (Å²) in [4.78, 5) is 4.45. The largest absolute Gasteiger partial charge is 0.481 e. The summed E-state index contributed by atoms with van der Waals surface area (Å²) < 4.78 is 23.8. The van der Waals surface area contributed by atoms with Crippen molar-refractivity contribution >= 4 is 0 Å². The van der Waals surface area contributed by atoms with Gasteiger partial charge in [0.25, 0.3) is 0 Å². The number of hydrogen-bond acceptors (Lipinski definition) is 3. The number of aromatic nitrogens is 1. The van der Waals surface area contributed by atoms with Crippen LogP contribution in [0, 0.1) is 12.7 Å². The summed E-state index contributed by atoms with van der Waals surface area (Å²) in [5, 5.41) is 0. The lowest BCUT2D eigenvalue weighted by atomic mass is 10.1. The Balaban J connectivity index is 2.03. The molecule has 0 unspecified atom stereocenters. The van der Waals surface area contributed by atoms with Gasteiger partial charge in [0.2, 0.25) is 5.88 Å². The molecule has 0 aliphatic heterocycles. The van der Waals surface area contributed by atoms with E-state index in [1.54, 1.807) is 19.2 Å². The van der Waals surface area contributed by atoms with E-state index >= 15 is 0 Å². The van der Waals surface area contributed by atoms with E-state index < -0.39 is 0 Å². The smallest absolute Gasteiger partial charge is 0.218 e. The molecular formula is C17H20FNO2. The van der Waals surface area contributed by atoms with Gasteiger partial charge in [-0.15, -0.1) is 0 Å². The molecule has 0 amide bonds. The van der Waals surface area contributed by atoms with Gasteiger partial charge in [-0.25, -0.2) is 9.37 Å². The molecule has 0 N–H and O–H groups in total. The first-order chi connectivity index (χ1) is 10.1. The quantitative estimate of drug-likeness (QED) is 0.810. The van der Waals surface area contributed by atoms with E-state index in [0.717, 1.165) is 23.2 Å². The van der Waals surface area contributed by atoms with Crippen LogP contribution in [0.3, 0.4) is 0 Å². The standard InChI is InChI=1S/C17H20FNO2/c1-4-14-9-15(17(20-3)19-12(14)2)11-21-10-13-5-7-16(18)8-6-13/h5-9H,4,10-11H2,1-3H3. The molecule has 0 bridgehead atoms. The van der Waals surface area contributed by atoms with E-state index in [9.17, 15) is 4.39 Å². The van der Waals surface area contributed by atoms with Gasteiger partial charge in [0.15, 0.2) is 0 Å². The average Bonchev–Trinajstić information content (AvgIpc) is 2.50. The Morgan fingerprint density at radius 3 is 2.43 bits per heavy atom. The predicted molar refractivity (Wildman–Crippen MR) is 79.8 cm³/mol. The third-order valence-corrected chi connectivity index (χ3v) is 3.37. The molecule has 21 heavy (non-hydrogen) atoms. The Labute approximate surface area is 124 Å². The molecule has 2 aromatic rings. The van der Waals surface area contributed by atoms with Gasteiger partial charge in [-0.2, -0.15) is 0 Å². The highest BCUT2D eigenvalue weighted by molar-refractivity contribution is 5.33. The SMILES string of the molecule is CCc1cc(COCc2ccc(F)cc2)c(OC)nc1C. The van der Waals surface area contributed by atoms with Crippen molar-refractivity contribution in [2.24, 2.45) is 0 Å². The third-order valence-electron chi connectivity index (χ3n) is 3.37. The number of benzene rings is 1. The molecule has 1 aromatic heterocycles. The molecule has 112 valence electrons. The van der Waals surface area contributed by atoms with Crippen molar-refractivity contribution in [3.05, 3.63) is 58.5 Å². The minimum atomic E-state index is -0.240. The highest BCUT2D eigenvalue weighted by atomic mass is 19.1. The second kappa shape index (κ2) is 7.18. The number of pyridine rings is 1. The summed E-state index contributed by atoms with van der Waals surface area (Å²) >= 11 is 0. The van der Waals surface area contributed by atoms with E-state index in [-0.39, 0.29) is 5.82 Å². The minimum Gasteiger partial charge on any atom is -0.481 e. The Hall–Kier alpha value is -1.94. The molecule has 3 nitrogen and oxygen atoms in total. The van der Waals surface area contributed by atoms with Crippen LogP contribution in [-0.2, 0) is 24.4 Å². The number of ether oxygens (including phenoxy) is 2. The summed E-state index contributed by atoms with van der Waals surface area (Å²) in [5.74, 6) is 0.361. The van der Waals surface area contributed by atoms with E-state index in [1.807, 2.05) is 6.92 Å². The predicted octanol–water partition coefficient (Wildman–Crippen LogP) is 3.82. The van der Waals surface area contributed by atoms with Crippen LogP contribution in [0.5, 0.6) is 5.88 Å². The average molecular weight is 289 g/mol. The van der Waals surface area contributed by atoms with Gasteiger partial charge in [0.1, 0.15) is 5.82 Å². The van der Waals surface area contributed by atoms with Crippen molar-refractivity contribution in [3.8, 4) is 5.88 Å². The number of hydrogen-bond donors (Lipinski definition) is 0.